The summed E-state index contributed by atoms with van der Waals surface area (Å²) in [6.45, 7) is 6.39. The first-order valence-corrected chi connectivity index (χ1v) is 8.98. The van der Waals surface area contributed by atoms with Crippen molar-refractivity contribution in [3.63, 3.8) is 0 Å². The molecule has 4 nitrogen and oxygen atoms in total. The fourth-order valence-electron chi connectivity index (χ4n) is 2.79. The highest BCUT2D eigenvalue weighted by Gasteiger charge is 2.23. The summed E-state index contributed by atoms with van der Waals surface area (Å²) in [4.78, 5) is 2.51. The number of hydrogen-bond acceptors (Lipinski definition) is 4. The van der Waals surface area contributed by atoms with Gasteiger partial charge in [0.2, 0.25) is 0 Å². The van der Waals surface area contributed by atoms with Crippen LogP contribution in [0.2, 0.25) is 0 Å². The van der Waals surface area contributed by atoms with Gasteiger partial charge in [-0.05, 0) is 58.8 Å². The summed E-state index contributed by atoms with van der Waals surface area (Å²) >= 11 is 3.62. The lowest BCUT2D eigenvalue weighted by Crippen LogP contribution is -2.44. The van der Waals surface area contributed by atoms with Crippen molar-refractivity contribution in [3.05, 3.63) is 22.2 Å². The van der Waals surface area contributed by atoms with Gasteiger partial charge in [0.15, 0.2) is 11.5 Å². The normalized spacial score (nSPS) is 19.2. The molecule has 122 valence electrons. The summed E-state index contributed by atoms with van der Waals surface area (Å²) in [5, 5.41) is 3.39. The number of benzene rings is 1. The molecule has 1 heterocycles. The van der Waals surface area contributed by atoms with Crippen LogP contribution in [0.3, 0.4) is 0 Å². The van der Waals surface area contributed by atoms with Crippen LogP contribution < -0.4 is 14.8 Å². The third kappa shape index (κ3) is 4.37. The first-order valence-electron chi connectivity index (χ1n) is 8.18. The minimum atomic E-state index is 0.744. The zero-order chi connectivity index (χ0) is 15.4. The van der Waals surface area contributed by atoms with Gasteiger partial charge in [-0.25, -0.2) is 0 Å². The maximum absolute atomic E-state index is 5.99. The summed E-state index contributed by atoms with van der Waals surface area (Å²) in [6.07, 6.45) is 3.64. The number of methoxy groups -OCH3 is 1. The van der Waals surface area contributed by atoms with Crippen molar-refractivity contribution in [3.8, 4) is 11.5 Å². The lowest BCUT2D eigenvalue weighted by atomic mass is 10.1. The Balaban J connectivity index is 1.64. The fraction of sp³-hybridized carbons (Fsp3) is 0.647. The number of hydrogen-bond donors (Lipinski definition) is 1. The molecule has 0 amide bonds. The van der Waals surface area contributed by atoms with Crippen molar-refractivity contribution in [2.75, 3.05) is 46.4 Å². The maximum Gasteiger partial charge on any atom is 0.174 e. The van der Waals surface area contributed by atoms with Crippen LogP contribution in [-0.4, -0.2) is 51.3 Å². The maximum atomic E-state index is 5.99. The van der Waals surface area contributed by atoms with E-state index >= 15 is 0 Å². The summed E-state index contributed by atoms with van der Waals surface area (Å²) in [7, 11) is 1.70. The molecule has 1 N–H and O–H groups in total. The Morgan fingerprint density at radius 2 is 2.05 bits per heavy atom. The Morgan fingerprint density at radius 3 is 2.73 bits per heavy atom. The quantitative estimate of drug-likeness (QED) is 0.802. The van der Waals surface area contributed by atoms with E-state index in [2.05, 4.69) is 38.3 Å². The molecule has 1 aromatic carbocycles. The van der Waals surface area contributed by atoms with Crippen LogP contribution in [-0.2, 0) is 6.42 Å². The van der Waals surface area contributed by atoms with Crippen LogP contribution in [0.4, 0.5) is 0 Å². The molecule has 0 bridgehead atoms. The number of nitrogens with zero attached hydrogens (tertiary/aromatic N) is 1. The minimum absolute atomic E-state index is 0.744. The fourth-order valence-corrected chi connectivity index (χ4v) is 3.44. The number of rotatable bonds is 7. The van der Waals surface area contributed by atoms with Gasteiger partial charge in [-0.1, -0.05) is 0 Å². The van der Waals surface area contributed by atoms with Crippen molar-refractivity contribution in [1.29, 1.82) is 0 Å². The highest BCUT2D eigenvalue weighted by atomic mass is 79.9. The molecule has 1 aliphatic heterocycles. The predicted molar refractivity (Wildman–Crippen MR) is 91.9 cm³/mol. The molecule has 1 saturated heterocycles. The predicted octanol–water partition coefficient (Wildman–Crippen LogP) is 2.69. The second-order valence-corrected chi connectivity index (χ2v) is 7.06. The molecule has 2 fully saturated rings. The van der Waals surface area contributed by atoms with E-state index in [1.807, 2.05) is 0 Å². The molecule has 5 heteroatoms. The first kappa shape index (κ1) is 16.1. The molecule has 0 radical (unpaired) electrons. The Hall–Kier alpha value is -0.780. The molecule has 0 atom stereocenters. The van der Waals surface area contributed by atoms with Gasteiger partial charge in [0, 0.05) is 32.7 Å². The number of nitrogens with one attached hydrogen (secondary N) is 1. The van der Waals surface area contributed by atoms with E-state index in [1.54, 1.807) is 7.11 Å². The average molecular weight is 369 g/mol. The van der Waals surface area contributed by atoms with E-state index < -0.39 is 0 Å². The van der Waals surface area contributed by atoms with Crippen LogP contribution >= 0.6 is 15.9 Å². The molecule has 1 aromatic rings. The molecule has 1 saturated carbocycles. The van der Waals surface area contributed by atoms with E-state index in [0.717, 1.165) is 67.6 Å². The zero-order valence-corrected chi connectivity index (χ0v) is 14.8. The van der Waals surface area contributed by atoms with Crippen LogP contribution in [0.1, 0.15) is 18.4 Å². The summed E-state index contributed by atoms with van der Waals surface area (Å²) in [6, 6.07) is 4.30. The average Bonchev–Trinajstić information content (AvgIpc) is 3.36. The van der Waals surface area contributed by atoms with Crippen molar-refractivity contribution in [2.24, 2.45) is 5.92 Å². The van der Waals surface area contributed by atoms with Crippen molar-refractivity contribution < 1.29 is 9.47 Å². The Labute approximate surface area is 141 Å². The standard InChI is InChI=1S/C17H25BrN2O2/c1-21-17-15(18)10-14(4-7-20-8-5-19-6-9-20)11-16(17)22-12-13-2-3-13/h10-11,13,19H,2-9,12H2,1H3. The number of piperazine rings is 1. The third-order valence-corrected chi connectivity index (χ3v) is 4.96. The Morgan fingerprint density at radius 1 is 1.27 bits per heavy atom. The van der Waals surface area contributed by atoms with Crippen molar-refractivity contribution in [2.45, 2.75) is 19.3 Å². The number of ether oxygens (including phenoxy) is 2. The Kier molecular flexibility index (Phi) is 5.61. The molecule has 1 aliphatic carbocycles. The molecule has 3 rings (SSSR count). The molecule has 22 heavy (non-hydrogen) atoms. The van der Waals surface area contributed by atoms with E-state index in [9.17, 15) is 0 Å². The van der Waals surface area contributed by atoms with Crippen LogP contribution in [0, 0.1) is 5.92 Å². The highest BCUT2D eigenvalue weighted by molar-refractivity contribution is 9.10. The second kappa shape index (κ2) is 7.66. The lowest BCUT2D eigenvalue weighted by molar-refractivity contribution is 0.243. The monoisotopic (exact) mass is 368 g/mol. The van der Waals surface area contributed by atoms with Crippen LogP contribution in [0.5, 0.6) is 11.5 Å². The van der Waals surface area contributed by atoms with Gasteiger partial charge in [0.25, 0.3) is 0 Å². The molecule has 0 aromatic heterocycles. The van der Waals surface area contributed by atoms with Gasteiger partial charge in [-0.15, -0.1) is 0 Å². The lowest BCUT2D eigenvalue weighted by Gasteiger charge is -2.27. The van der Waals surface area contributed by atoms with Gasteiger partial charge in [0.05, 0.1) is 18.2 Å². The zero-order valence-electron chi connectivity index (χ0n) is 13.2. The van der Waals surface area contributed by atoms with Gasteiger partial charge < -0.3 is 19.7 Å². The molecular weight excluding hydrogens is 344 g/mol. The number of halogens is 1. The van der Waals surface area contributed by atoms with E-state index in [0.29, 0.717) is 0 Å². The van der Waals surface area contributed by atoms with Gasteiger partial charge >= 0.3 is 0 Å². The Bertz CT molecular complexity index is 500. The largest absolute Gasteiger partial charge is 0.492 e. The smallest absolute Gasteiger partial charge is 0.174 e. The summed E-state index contributed by atoms with van der Waals surface area (Å²) < 4.78 is 12.5. The van der Waals surface area contributed by atoms with Gasteiger partial charge in [-0.3, -0.25) is 0 Å². The summed E-state index contributed by atoms with van der Waals surface area (Å²) in [5.41, 5.74) is 1.30. The first-order chi connectivity index (χ1) is 10.8. The van der Waals surface area contributed by atoms with E-state index in [-0.39, 0.29) is 0 Å². The van der Waals surface area contributed by atoms with Crippen molar-refractivity contribution >= 4 is 15.9 Å². The van der Waals surface area contributed by atoms with E-state index in [1.165, 1.54) is 18.4 Å². The van der Waals surface area contributed by atoms with Gasteiger partial charge in [-0.2, -0.15) is 0 Å². The van der Waals surface area contributed by atoms with Crippen molar-refractivity contribution in [1.82, 2.24) is 10.2 Å². The second-order valence-electron chi connectivity index (χ2n) is 6.21. The van der Waals surface area contributed by atoms with Crippen LogP contribution in [0.15, 0.2) is 16.6 Å². The van der Waals surface area contributed by atoms with E-state index in [4.69, 9.17) is 9.47 Å². The topological polar surface area (TPSA) is 33.7 Å². The SMILES string of the molecule is COc1c(Br)cc(CCN2CCNCC2)cc1OCC1CC1. The third-order valence-electron chi connectivity index (χ3n) is 4.37. The van der Waals surface area contributed by atoms with Crippen LogP contribution in [0.25, 0.3) is 0 Å². The minimum Gasteiger partial charge on any atom is -0.492 e. The molecule has 0 unspecified atom stereocenters. The molecule has 0 spiro atoms. The van der Waals surface area contributed by atoms with Gasteiger partial charge in [0.1, 0.15) is 0 Å². The molecular formula is C17H25BrN2O2. The highest BCUT2D eigenvalue weighted by Crippen LogP contribution is 2.38. The summed E-state index contributed by atoms with van der Waals surface area (Å²) in [5.74, 6) is 2.43. The molecule has 2 aliphatic rings.